The molecule has 0 bridgehead atoms. The maximum atomic E-state index is 14.5. The maximum absolute atomic E-state index is 14.5. The van der Waals surface area contributed by atoms with Crippen LogP contribution in [0.4, 0.5) is 15.8 Å². The van der Waals surface area contributed by atoms with Crippen molar-refractivity contribution in [3.05, 3.63) is 58.4 Å². The summed E-state index contributed by atoms with van der Waals surface area (Å²) in [6.45, 7) is 1.50. The Labute approximate surface area is 157 Å². The van der Waals surface area contributed by atoms with Gasteiger partial charge in [0.05, 0.1) is 23.5 Å². The summed E-state index contributed by atoms with van der Waals surface area (Å²) in [4.78, 5) is 20.7. The number of halogens is 2. The van der Waals surface area contributed by atoms with E-state index in [9.17, 15) is 9.18 Å². The van der Waals surface area contributed by atoms with Gasteiger partial charge in [-0.15, -0.1) is 0 Å². The van der Waals surface area contributed by atoms with Crippen molar-refractivity contribution in [1.82, 2.24) is 4.90 Å². The van der Waals surface area contributed by atoms with Crippen LogP contribution in [0, 0.1) is 5.82 Å². The summed E-state index contributed by atoms with van der Waals surface area (Å²) in [5.41, 5.74) is 1.95. The van der Waals surface area contributed by atoms with Gasteiger partial charge in [-0.3, -0.25) is 9.79 Å². The first-order valence-electron chi connectivity index (χ1n) is 8.20. The SMILES string of the molecule is CN1CCN=C1c1ccc(C(=O)Nc2ccc(Cl)cc2N(C)C)c(F)c1. The van der Waals surface area contributed by atoms with Crippen molar-refractivity contribution in [2.75, 3.05) is 44.4 Å². The fourth-order valence-electron chi connectivity index (χ4n) is 2.85. The molecule has 1 aliphatic heterocycles. The largest absolute Gasteiger partial charge is 0.376 e. The Morgan fingerprint density at radius 2 is 2.04 bits per heavy atom. The highest BCUT2D eigenvalue weighted by molar-refractivity contribution is 6.31. The van der Waals surface area contributed by atoms with Crippen LogP contribution in [0.15, 0.2) is 41.4 Å². The van der Waals surface area contributed by atoms with Gasteiger partial charge in [0.25, 0.3) is 5.91 Å². The van der Waals surface area contributed by atoms with E-state index < -0.39 is 11.7 Å². The van der Waals surface area contributed by atoms with Crippen molar-refractivity contribution in [2.45, 2.75) is 0 Å². The quantitative estimate of drug-likeness (QED) is 0.891. The Balaban J connectivity index is 1.85. The molecule has 1 aliphatic rings. The molecule has 0 spiro atoms. The highest BCUT2D eigenvalue weighted by Gasteiger charge is 2.19. The van der Waals surface area contributed by atoms with E-state index in [2.05, 4.69) is 10.3 Å². The molecule has 136 valence electrons. The van der Waals surface area contributed by atoms with Crippen molar-refractivity contribution in [3.8, 4) is 0 Å². The minimum Gasteiger partial charge on any atom is -0.376 e. The molecule has 5 nitrogen and oxygen atoms in total. The van der Waals surface area contributed by atoms with Crippen molar-refractivity contribution in [3.63, 3.8) is 0 Å². The lowest BCUT2D eigenvalue weighted by Crippen LogP contribution is -2.24. The van der Waals surface area contributed by atoms with Crippen LogP contribution in [0.1, 0.15) is 15.9 Å². The third-order valence-corrected chi connectivity index (χ3v) is 4.46. The molecule has 2 aromatic carbocycles. The van der Waals surface area contributed by atoms with Gasteiger partial charge in [-0.1, -0.05) is 17.7 Å². The third kappa shape index (κ3) is 3.65. The standard InChI is InChI=1S/C19H20ClFN4O/c1-24(2)17-11-13(20)5-7-16(17)23-19(26)14-6-4-12(10-15(14)21)18-22-8-9-25(18)3/h4-7,10-11H,8-9H2,1-3H3,(H,23,26). The molecule has 2 aromatic rings. The number of hydrogen-bond donors (Lipinski definition) is 1. The Morgan fingerprint density at radius 1 is 1.27 bits per heavy atom. The zero-order valence-electron chi connectivity index (χ0n) is 14.9. The third-order valence-electron chi connectivity index (χ3n) is 4.22. The highest BCUT2D eigenvalue weighted by atomic mass is 35.5. The second-order valence-corrected chi connectivity index (χ2v) is 6.77. The molecule has 0 saturated heterocycles. The molecule has 7 heteroatoms. The van der Waals surface area contributed by atoms with Gasteiger partial charge in [-0.05, 0) is 30.3 Å². The van der Waals surface area contributed by atoms with Crippen LogP contribution < -0.4 is 10.2 Å². The van der Waals surface area contributed by atoms with E-state index >= 15 is 0 Å². The van der Waals surface area contributed by atoms with Crippen molar-refractivity contribution >= 4 is 34.7 Å². The number of aliphatic imine (C=N–C) groups is 1. The van der Waals surface area contributed by atoms with Crippen LogP contribution in [0.25, 0.3) is 0 Å². The van der Waals surface area contributed by atoms with Crippen LogP contribution in [0.2, 0.25) is 5.02 Å². The molecule has 1 heterocycles. The van der Waals surface area contributed by atoms with Gasteiger partial charge >= 0.3 is 0 Å². The molecule has 0 fully saturated rings. The van der Waals surface area contributed by atoms with Crippen LogP contribution >= 0.6 is 11.6 Å². The van der Waals surface area contributed by atoms with Crippen LogP contribution in [0.3, 0.4) is 0 Å². The average molecular weight is 375 g/mol. The number of nitrogens with one attached hydrogen (secondary N) is 1. The molecular weight excluding hydrogens is 355 g/mol. The van der Waals surface area contributed by atoms with Gasteiger partial charge in [-0.25, -0.2) is 4.39 Å². The Hall–Kier alpha value is -2.60. The summed E-state index contributed by atoms with van der Waals surface area (Å²) in [5.74, 6) is -0.354. The summed E-state index contributed by atoms with van der Waals surface area (Å²) < 4.78 is 14.5. The number of amidine groups is 1. The molecule has 0 aromatic heterocycles. The van der Waals surface area contributed by atoms with Crippen LogP contribution in [0.5, 0.6) is 0 Å². The predicted octanol–water partition coefficient (Wildman–Crippen LogP) is 3.49. The normalized spacial score (nSPS) is 13.6. The second-order valence-electron chi connectivity index (χ2n) is 6.33. The monoisotopic (exact) mass is 374 g/mol. The van der Waals surface area contributed by atoms with Gasteiger partial charge in [0.15, 0.2) is 0 Å². The van der Waals surface area contributed by atoms with E-state index in [0.717, 1.165) is 18.1 Å². The van der Waals surface area contributed by atoms with E-state index in [4.69, 9.17) is 11.6 Å². The number of anilines is 2. The van der Waals surface area contributed by atoms with Crippen molar-refractivity contribution in [2.24, 2.45) is 4.99 Å². The lowest BCUT2D eigenvalue weighted by Gasteiger charge is -2.18. The minimum absolute atomic E-state index is 0.0188. The first-order valence-corrected chi connectivity index (χ1v) is 8.58. The lowest BCUT2D eigenvalue weighted by atomic mass is 10.1. The molecule has 0 unspecified atom stereocenters. The van der Waals surface area contributed by atoms with Crippen molar-refractivity contribution in [1.29, 1.82) is 0 Å². The Kier molecular flexibility index (Phi) is 5.13. The van der Waals surface area contributed by atoms with Crippen LogP contribution in [-0.4, -0.2) is 50.9 Å². The predicted molar refractivity (Wildman–Crippen MR) is 104 cm³/mol. The number of benzene rings is 2. The van der Waals surface area contributed by atoms with E-state index in [-0.39, 0.29) is 5.56 Å². The minimum atomic E-state index is -0.580. The molecule has 1 N–H and O–H groups in total. The van der Waals surface area contributed by atoms with Gasteiger partial charge < -0.3 is 15.1 Å². The number of rotatable bonds is 4. The highest BCUT2D eigenvalue weighted by Crippen LogP contribution is 2.28. The summed E-state index contributed by atoms with van der Waals surface area (Å²) in [5, 5.41) is 3.31. The molecular formula is C19H20ClFN4O. The fourth-order valence-corrected chi connectivity index (χ4v) is 3.02. The smallest absolute Gasteiger partial charge is 0.258 e. The van der Waals surface area contributed by atoms with E-state index in [1.54, 1.807) is 24.3 Å². The number of amides is 1. The van der Waals surface area contributed by atoms with Gasteiger partial charge in [0, 0.05) is 38.3 Å². The van der Waals surface area contributed by atoms with E-state index in [1.807, 2.05) is 30.9 Å². The molecule has 3 rings (SSSR count). The average Bonchev–Trinajstić information content (AvgIpc) is 3.02. The summed E-state index contributed by atoms with van der Waals surface area (Å²) in [7, 11) is 5.60. The number of nitrogens with zero attached hydrogens (tertiary/aromatic N) is 3. The summed E-state index contributed by atoms with van der Waals surface area (Å²) in [6.07, 6.45) is 0. The Morgan fingerprint density at radius 3 is 2.65 bits per heavy atom. The first-order chi connectivity index (χ1) is 12.4. The first kappa shape index (κ1) is 18.2. The van der Waals surface area contributed by atoms with E-state index in [1.165, 1.54) is 12.1 Å². The van der Waals surface area contributed by atoms with Crippen LogP contribution in [-0.2, 0) is 0 Å². The van der Waals surface area contributed by atoms with Gasteiger partial charge in [0.1, 0.15) is 11.7 Å². The lowest BCUT2D eigenvalue weighted by molar-refractivity contribution is 0.102. The second kappa shape index (κ2) is 7.33. The zero-order valence-corrected chi connectivity index (χ0v) is 15.6. The molecule has 0 atom stereocenters. The summed E-state index contributed by atoms with van der Waals surface area (Å²) >= 11 is 6.02. The molecule has 0 aliphatic carbocycles. The Bertz CT molecular complexity index is 882. The van der Waals surface area contributed by atoms with E-state index in [0.29, 0.717) is 22.8 Å². The molecule has 0 radical (unpaired) electrons. The fraction of sp³-hybridized carbons (Fsp3) is 0.263. The molecule has 26 heavy (non-hydrogen) atoms. The number of carbonyl (C=O) groups excluding carboxylic acids is 1. The number of carbonyl (C=O) groups is 1. The maximum Gasteiger partial charge on any atom is 0.258 e. The number of likely N-dealkylation sites (N-methyl/N-ethyl adjacent to an activating group) is 1. The topological polar surface area (TPSA) is 47.9 Å². The molecule has 1 amide bonds. The van der Waals surface area contributed by atoms with Gasteiger partial charge in [-0.2, -0.15) is 0 Å². The van der Waals surface area contributed by atoms with Crippen molar-refractivity contribution < 1.29 is 9.18 Å². The number of hydrogen-bond acceptors (Lipinski definition) is 4. The van der Waals surface area contributed by atoms with Gasteiger partial charge in [0.2, 0.25) is 0 Å². The zero-order chi connectivity index (χ0) is 18.8. The molecule has 0 saturated carbocycles. The summed E-state index contributed by atoms with van der Waals surface area (Å²) in [6, 6.07) is 9.67.